The maximum absolute atomic E-state index is 10.8. The van der Waals surface area contributed by atoms with Crippen LogP contribution in [-0.4, -0.2) is 32.8 Å². The summed E-state index contributed by atoms with van der Waals surface area (Å²) in [6, 6.07) is 1.59. The highest BCUT2D eigenvalue weighted by molar-refractivity contribution is 5.51. The average Bonchev–Trinajstić information content (AvgIpc) is 3.08. The zero-order valence-electron chi connectivity index (χ0n) is 12.8. The third kappa shape index (κ3) is 2.93. The fraction of sp³-hybridized carbons (Fsp3) is 0.467. The summed E-state index contributed by atoms with van der Waals surface area (Å²) in [5, 5.41) is 15.0. The minimum absolute atomic E-state index is 0.0485. The van der Waals surface area contributed by atoms with Crippen LogP contribution in [0.3, 0.4) is 0 Å². The maximum atomic E-state index is 10.8. The Labute approximate surface area is 128 Å². The van der Waals surface area contributed by atoms with E-state index in [0.717, 1.165) is 37.3 Å². The summed E-state index contributed by atoms with van der Waals surface area (Å²) >= 11 is 0. The minimum atomic E-state index is -0.404. The second kappa shape index (κ2) is 5.75. The largest absolute Gasteiger partial charge is 0.356 e. The van der Waals surface area contributed by atoms with Crippen LogP contribution in [0, 0.1) is 23.0 Å². The van der Waals surface area contributed by atoms with Gasteiger partial charge in [0.15, 0.2) is 0 Å². The number of aryl methyl sites for hydroxylation is 2. The summed E-state index contributed by atoms with van der Waals surface area (Å²) in [7, 11) is 1.93. The van der Waals surface area contributed by atoms with Gasteiger partial charge in [-0.2, -0.15) is 5.10 Å². The van der Waals surface area contributed by atoms with Gasteiger partial charge in [-0.05, 0) is 36.8 Å². The molecular weight excluding hydrogens is 282 g/mol. The molecule has 0 aliphatic carbocycles. The molecular formula is C15H19N5O2. The van der Waals surface area contributed by atoms with E-state index in [1.807, 2.05) is 24.9 Å². The Balaban J connectivity index is 1.68. The van der Waals surface area contributed by atoms with Crippen molar-refractivity contribution >= 4 is 11.5 Å². The summed E-state index contributed by atoms with van der Waals surface area (Å²) in [6.45, 7) is 3.75. The van der Waals surface area contributed by atoms with Gasteiger partial charge in [-0.25, -0.2) is 4.98 Å². The quantitative estimate of drug-likeness (QED) is 0.638. The monoisotopic (exact) mass is 301 g/mol. The molecule has 3 heterocycles. The fourth-order valence-electron chi connectivity index (χ4n) is 3.09. The van der Waals surface area contributed by atoms with E-state index in [4.69, 9.17) is 0 Å². The lowest BCUT2D eigenvalue weighted by Gasteiger charge is -2.19. The highest BCUT2D eigenvalue weighted by atomic mass is 16.6. The van der Waals surface area contributed by atoms with Crippen LogP contribution in [0.15, 0.2) is 24.7 Å². The van der Waals surface area contributed by atoms with Crippen LogP contribution < -0.4 is 4.90 Å². The topological polar surface area (TPSA) is 77.1 Å². The Kier molecular flexibility index (Phi) is 3.79. The van der Waals surface area contributed by atoms with Crippen molar-refractivity contribution in [3.05, 3.63) is 45.9 Å². The molecule has 0 saturated carbocycles. The zero-order chi connectivity index (χ0) is 15.7. The van der Waals surface area contributed by atoms with E-state index in [9.17, 15) is 10.1 Å². The van der Waals surface area contributed by atoms with Crippen molar-refractivity contribution in [1.29, 1.82) is 0 Å². The van der Waals surface area contributed by atoms with Gasteiger partial charge in [0.25, 0.3) is 5.69 Å². The summed E-state index contributed by atoms with van der Waals surface area (Å²) in [5.74, 6) is 1.43. The molecule has 3 rings (SSSR count). The lowest BCUT2D eigenvalue weighted by atomic mass is 10.0. The number of nitro groups is 1. The normalized spacial score (nSPS) is 17.9. The van der Waals surface area contributed by atoms with Crippen LogP contribution in [0.5, 0.6) is 0 Å². The lowest BCUT2D eigenvalue weighted by molar-refractivity contribution is -0.385. The van der Waals surface area contributed by atoms with E-state index in [0.29, 0.717) is 5.92 Å². The Bertz CT molecular complexity index is 697. The van der Waals surface area contributed by atoms with E-state index in [-0.39, 0.29) is 5.69 Å². The molecule has 2 aromatic heterocycles. The van der Waals surface area contributed by atoms with Gasteiger partial charge in [-0.15, -0.1) is 0 Å². The summed E-state index contributed by atoms with van der Waals surface area (Å²) < 4.78 is 1.82. The van der Waals surface area contributed by atoms with Crippen molar-refractivity contribution in [3.63, 3.8) is 0 Å². The van der Waals surface area contributed by atoms with Gasteiger partial charge < -0.3 is 4.90 Å². The number of hydrogen-bond acceptors (Lipinski definition) is 5. The molecule has 0 bridgehead atoms. The molecule has 22 heavy (non-hydrogen) atoms. The van der Waals surface area contributed by atoms with Gasteiger partial charge in [0.1, 0.15) is 12.0 Å². The summed E-state index contributed by atoms with van der Waals surface area (Å²) in [6.07, 6.45) is 7.43. The Morgan fingerprint density at radius 3 is 2.91 bits per heavy atom. The van der Waals surface area contributed by atoms with Crippen LogP contribution in [0.1, 0.15) is 17.5 Å². The van der Waals surface area contributed by atoms with Crippen molar-refractivity contribution in [2.45, 2.75) is 19.8 Å². The highest BCUT2D eigenvalue weighted by Gasteiger charge is 2.25. The number of pyridine rings is 1. The SMILES string of the molecule is Cc1cc([N+](=O)[O-])cnc1N1CCC(Cc2cnn(C)c2)C1. The van der Waals surface area contributed by atoms with E-state index < -0.39 is 4.92 Å². The first kappa shape index (κ1) is 14.5. The lowest BCUT2D eigenvalue weighted by Crippen LogP contribution is -2.22. The first-order chi connectivity index (χ1) is 10.5. The minimum Gasteiger partial charge on any atom is -0.356 e. The van der Waals surface area contributed by atoms with E-state index in [1.165, 1.54) is 11.8 Å². The molecule has 0 amide bonds. The average molecular weight is 301 g/mol. The molecule has 1 aliphatic heterocycles. The van der Waals surface area contributed by atoms with Crippen molar-refractivity contribution < 1.29 is 4.92 Å². The number of nitrogens with zero attached hydrogens (tertiary/aromatic N) is 5. The van der Waals surface area contributed by atoms with Crippen molar-refractivity contribution in [2.75, 3.05) is 18.0 Å². The molecule has 7 nitrogen and oxygen atoms in total. The molecule has 7 heteroatoms. The van der Waals surface area contributed by atoms with E-state index in [1.54, 1.807) is 6.07 Å². The van der Waals surface area contributed by atoms with Gasteiger partial charge >= 0.3 is 0 Å². The van der Waals surface area contributed by atoms with Crippen molar-refractivity contribution in [3.8, 4) is 0 Å². The summed E-state index contributed by atoms with van der Waals surface area (Å²) in [4.78, 5) is 16.9. The molecule has 1 atom stereocenters. The van der Waals surface area contributed by atoms with Crippen LogP contribution in [0.4, 0.5) is 11.5 Å². The predicted octanol–water partition coefficient (Wildman–Crippen LogP) is 2.10. The van der Waals surface area contributed by atoms with Crippen LogP contribution in [0.2, 0.25) is 0 Å². The zero-order valence-corrected chi connectivity index (χ0v) is 12.8. The number of aromatic nitrogens is 3. The number of rotatable bonds is 4. The fourth-order valence-corrected chi connectivity index (χ4v) is 3.09. The second-order valence-corrected chi connectivity index (χ2v) is 5.92. The maximum Gasteiger partial charge on any atom is 0.287 e. The molecule has 0 aromatic carbocycles. The van der Waals surface area contributed by atoms with Gasteiger partial charge in [0, 0.05) is 32.4 Å². The second-order valence-electron chi connectivity index (χ2n) is 5.92. The van der Waals surface area contributed by atoms with Gasteiger partial charge in [-0.1, -0.05) is 0 Å². The van der Waals surface area contributed by atoms with Crippen LogP contribution in [-0.2, 0) is 13.5 Å². The first-order valence-electron chi connectivity index (χ1n) is 7.36. The van der Waals surface area contributed by atoms with E-state index in [2.05, 4.69) is 21.2 Å². The molecule has 0 spiro atoms. The van der Waals surface area contributed by atoms with Crippen LogP contribution in [0.25, 0.3) is 0 Å². The highest BCUT2D eigenvalue weighted by Crippen LogP contribution is 2.28. The standard InChI is InChI=1S/C15H19N5O2/c1-11-5-14(20(21)22)8-16-15(11)19-4-3-12(10-19)6-13-7-17-18(2)9-13/h5,7-9,12H,3-4,6,10H2,1-2H3. The molecule has 1 unspecified atom stereocenters. The third-order valence-corrected chi connectivity index (χ3v) is 4.12. The Morgan fingerprint density at radius 1 is 1.45 bits per heavy atom. The van der Waals surface area contributed by atoms with Crippen molar-refractivity contribution in [1.82, 2.24) is 14.8 Å². The van der Waals surface area contributed by atoms with Gasteiger partial charge in [-0.3, -0.25) is 14.8 Å². The number of hydrogen-bond donors (Lipinski definition) is 0. The molecule has 1 aliphatic rings. The molecule has 1 saturated heterocycles. The number of anilines is 1. The molecule has 0 N–H and O–H groups in total. The molecule has 0 radical (unpaired) electrons. The van der Waals surface area contributed by atoms with Gasteiger partial charge in [0.05, 0.1) is 11.1 Å². The predicted molar refractivity (Wildman–Crippen MR) is 82.9 cm³/mol. The molecule has 2 aromatic rings. The molecule has 116 valence electrons. The van der Waals surface area contributed by atoms with Gasteiger partial charge in [0.2, 0.25) is 0 Å². The first-order valence-corrected chi connectivity index (χ1v) is 7.36. The molecule has 1 fully saturated rings. The van der Waals surface area contributed by atoms with Crippen LogP contribution >= 0.6 is 0 Å². The third-order valence-electron chi connectivity index (χ3n) is 4.12. The Morgan fingerprint density at radius 2 is 2.27 bits per heavy atom. The van der Waals surface area contributed by atoms with E-state index >= 15 is 0 Å². The Hall–Kier alpha value is -2.44. The smallest absolute Gasteiger partial charge is 0.287 e. The van der Waals surface area contributed by atoms with Crippen molar-refractivity contribution in [2.24, 2.45) is 13.0 Å². The summed E-state index contributed by atoms with van der Waals surface area (Å²) in [5.41, 5.74) is 2.16.